The number of aryl methyl sites for hydroxylation is 3. The Kier molecular flexibility index (Phi) is 6.64. The molecular formula is C26H32N2O4S. The Balaban J connectivity index is 1.43. The number of benzene rings is 2. The van der Waals surface area contributed by atoms with Crippen LogP contribution in [0.25, 0.3) is 11.0 Å². The lowest BCUT2D eigenvalue weighted by molar-refractivity contribution is -0.135. The number of fused-ring (bicyclic) bond motifs is 1. The summed E-state index contributed by atoms with van der Waals surface area (Å²) >= 11 is 0. The van der Waals surface area contributed by atoms with Crippen LogP contribution in [-0.2, 0) is 27.8 Å². The molecule has 6 nitrogen and oxygen atoms in total. The molecule has 176 valence electrons. The molecule has 1 aliphatic rings. The Morgan fingerprint density at radius 2 is 1.82 bits per heavy atom. The van der Waals surface area contributed by atoms with E-state index in [1.165, 1.54) is 4.31 Å². The number of sulfonamides is 1. The number of nitrogens with zero attached hydrogens (tertiary/aromatic N) is 2. The van der Waals surface area contributed by atoms with Crippen molar-refractivity contribution in [2.45, 2.75) is 51.5 Å². The molecule has 7 heteroatoms. The molecule has 1 saturated heterocycles. The van der Waals surface area contributed by atoms with Crippen LogP contribution in [0.1, 0.15) is 42.2 Å². The van der Waals surface area contributed by atoms with Crippen LogP contribution in [-0.4, -0.2) is 43.7 Å². The van der Waals surface area contributed by atoms with Crippen LogP contribution in [0.2, 0.25) is 0 Å². The number of hydrogen-bond donors (Lipinski definition) is 0. The summed E-state index contributed by atoms with van der Waals surface area (Å²) in [7, 11) is -1.74. The smallest absolute Gasteiger partial charge is 0.243 e. The van der Waals surface area contributed by atoms with Gasteiger partial charge in [-0.15, -0.1) is 0 Å². The van der Waals surface area contributed by atoms with Crippen molar-refractivity contribution < 1.29 is 17.6 Å². The van der Waals surface area contributed by atoms with E-state index >= 15 is 0 Å². The molecule has 1 amide bonds. The van der Waals surface area contributed by atoms with Gasteiger partial charge in [0.25, 0.3) is 0 Å². The molecule has 0 bridgehead atoms. The van der Waals surface area contributed by atoms with Gasteiger partial charge < -0.3 is 9.32 Å². The average molecular weight is 469 g/mol. The van der Waals surface area contributed by atoms with Gasteiger partial charge in [0.05, 0.1) is 4.90 Å². The van der Waals surface area contributed by atoms with E-state index in [1.54, 1.807) is 11.0 Å². The summed E-state index contributed by atoms with van der Waals surface area (Å²) in [6.45, 7) is 7.03. The number of piperidine rings is 1. The SMILES string of the molecule is CCc1oc2ccccc2c1CN(C)C(=O)C1CCN(S(=O)(=O)c2ccc(C)cc2C)CC1. The highest BCUT2D eigenvalue weighted by molar-refractivity contribution is 7.89. The number of para-hydroxylation sites is 1. The number of rotatable bonds is 6. The molecule has 3 aromatic rings. The zero-order chi connectivity index (χ0) is 23.8. The highest BCUT2D eigenvalue weighted by atomic mass is 32.2. The number of carbonyl (C=O) groups is 1. The summed E-state index contributed by atoms with van der Waals surface area (Å²) in [6.07, 6.45) is 1.82. The van der Waals surface area contributed by atoms with Gasteiger partial charge in [-0.2, -0.15) is 4.31 Å². The van der Waals surface area contributed by atoms with Gasteiger partial charge in [0.15, 0.2) is 0 Å². The van der Waals surface area contributed by atoms with E-state index in [-0.39, 0.29) is 11.8 Å². The molecule has 4 rings (SSSR count). The molecule has 0 radical (unpaired) electrons. The monoisotopic (exact) mass is 468 g/mol. The molecule has 0 saturated carbocycles. The lowest BCUT2D eigenvalue weighted by Crippen LogP contribution is -2.43. The number of furan rings is 1. The fourth-order valence-corrected chi connectivity index (χ4v) is 6.48. The van der Waals surface area contributed by atoms with Crippen molar-refractivity contribution in [3.63, 3.8) is 0 Å². The summed E-state index contributed by atoms with van der Waals surface area (Å²) in [5.41, 5.74) is 3.69. The van der Waals surface area contributed by atoms with Gasteiger partial charge in [-0.3, -0.25) is 4.79 Å². The summed E-state index contributed by atoms with van der Waals surface area (Å²) in [5.74, 6) is 0.792. The highest BCUT2D eigenvalue weighted by Gasteiger charge is 2.34. The van der Waals surface area contributed by atoms with E-state index in [1.807, 2.05) is 57.3 Å². The minimum absolute atomic E-state index is 0.0610. The van der Waals surface area contributed by atoms with Gasteiger partial charge >= 0.3 is 0 Å². The summed E-state index contributed by atoms with van der Waals surface area (Å²) < 4.78 is 33.8. The lowest BCUT2D eigenvalue weighted by atomic mass is 9.96. The predicted molar refractivity (Wildman–Crippen MR) is 129 cm³/mol. The maximum absolute atomic E-state index is 13.2. The molecule has 33 heavy (non-hydrogen) atoms. The third-order valence-electron chi connectivity index (χ3n) is 6.63. The second-order valence-electron chi connectivity index (χ2n) is 9.00. The standard InChI is InChI=1S/C26H32N2O4S/c1-5-23-22(21-8-6-7-9-24(21)32-23)17-27(4)26(29)20-12-14-28(15-13-20)33(30,31)25-11-10-18(2)16-19(25)3/h6-11,16,20H,5,12-15,17H2,1-4H3. The Morgan fingerprint density at radius 3 is 2.48 bits per heavy atom. The van der Waals surface area contributed by atoms with Gasteiger partial charge in [-0.1, -0.05) is 42.8 Å². The maximum atomic E-state index is 13.2. The molecular weight excluding hydrogens is 436 g/mol. The Bertz CT molecular complexity index is 1270. The van der Waals surface area contributed by atoms with Crippen molar-refractivity contribution >= 4 is 26.9 Å². The van der Waals surface area contributed by atoms with Crippen LogP contribution < -0.4 is 0 Å². The van der Waals surface area contributed by atoms with Crippen molar-refractivity contribution in [1.82, 2.24) is 9.21 Å². The summed E-state index contributed by atoms with van der Waals surface area (Å²) in [4.78, 5) is 15.3. The molecule has 2 aromatic carbocycles. The van der Waals surface area contributed by atoms with E-state index in [9.17, 15) is 13.2 Å². The molecule has 0 aliphatic carbocycles. The van der Waals surface area contributed by atoms with Crippen LogP contribution in [0, 0.1) is 19.8 Å². The van der Waals surface area contributed by atoms with E-state index in [0.717, 1.165) is 39.8 Å². The van der Waals surface area contributed by atoms with Crippen molar-refractivity contribution in [2.24, 2.45) is 5.92 Å². The minimum Gasteiger partial charge on any atom is -0.461 e. The van der Waals surface area contributed by atoms with Gasteiger partial charge in [-0.05, 0) is 44.4 Å². The topological polar surface area (TPSA) is 70.8 Å². The van der Waals surface area contributed by atoms with Gasteiger partial charge in [0, 0.05) is 50.0 Å². The van der Waals surface area contributed by atoms with E-state index in [2.05, 4.69) is 6.92 Å². The second kappa shape index (κ2) is 9.31. The van der Waals surface area contributed by atoms with Crippen LogP contribution >= 0.6 is 0 Å². The van der Waals surface area contributed by atoms with E-state index in [4.69, 9.17) is 4.42 Å². The van der Waals surface area contributed by atoms with Crippen molar-refractivity contribution in [3.8, 4) is 0 Å². The molecule has 0 N–H and O–H groups in total. The fourth-order valence-electron chi connectivity index (χ4n) is 4.81. The molecule has 2 heterocycles. The third kappa shape index (κ3) is 4.57. The van der Waals surface area contributed by atoms with Crippen LogP contribution in [0.5, 0.6) is 0 Å². The first kappa shape index (κ1) is 23.5. The zero-order valence-corrected chi connectivity index (χ0v) is 20.6. The van der Waals surface area contributed by atoms with Crippen LogP contribution in [0.15, 0.2) is 51.8 Å². The summed E-state index contributed by atoms with van der Waals surface area (Å²) in [5, 5.41) is 1.04. The van der Waals surface area contributed by atoms with Crippen molar-refractivity contribution in [1.29, 1.82) is 0 Å². The van der Waals surface area contributed by atoms with Gasteiger partial charge in [0.1, 0.15) is 11.3 Å². The quantitative estimate of drug-likeness (QED) is 0.527. The highest BCUT2D eigenvalue weighted by Crippen LogP contribution is 2.30. The molecule has 0 unspecified atom stereocenters. The first-order valence-electron chi connectivity index (χ1n) is 11.5. The molecule has 1 aliphatic heterocycles. The predicted octanol–water partition coefficient (Wildman–Crippen LogP) is 4.67. The molecule has 1 fully saturated rings. The number of amides is 1. The third-order valence-corrected chi connectivity index (χ3v) is 8.68. The Hall–Kier alpha value is -2.64. The van der Waals surface area contributed by atoms with Crippen molar-refractivity contribution in [3.05, 3.63) is 64.9 Å². The molecule has 1 aromatic heterocycles. The number of hydrogen-bond acceptors (Lipinski definition) is 4. The fraction of sp³-hybridized carbons (Fsp3) is 0.423. The summed E-state index contributed by atoms with van der Waals surface area (Å²) in [6, 6.07) is 13.3. The Labute approximate surface area is 196 Å². The van der Waals surface area contributed by atoms with Gasteiger partial charge in [-0.25, -0.2) is 8.42 Å². The first-order chi connectivity index (χ1) is 15.7. The van der Waals surface area contributed by atoms with Gasteiger partial charge in [0.2, 0.25) is 15.9 Å². The maximum Gasteiger partial charge on any atom is 0.243 e. The number of carbonyl (C=O) groups excluding carboxylic acids is 1. The van der Waals surface area contributed by atoms with Crippen molar-refractivity contribution in [2.75, 3.05) is 20.1 Å². The lowest BCUT2D eigenvalue weighted by Gasteiger charge is -2.33. The molecule has 0 spiro atoms. The zero-order valence-electron chi connectivity index (χ0n) is 19.8. The largest absolute Gasteiger partial charge is 0.461 e. The van der Waals surface area contributed by atoms with E-state index in [0.29, 0.717) is 37.4 Å². The Morgan fingerprint density at radius 1 is 1.12 bits per heavy atom. The average Bonchev–Trinajstić information content (AvgIpc) is 3.16. The molecule has 0 atom stereocenters. The van der Waals surface area contributed by atoms with E-state index < -0.39 is 10.0 Å². The second-order valence-corrected chi connectivity index (χ2v) is 10.9. The van der Waals surface area contributed by atoms with Crippen LogP contribution in [0.3, 0.4) is 0 Å². The normalized spacial score (nSPS) is 15.8. The minimum atomic E-state index is -3.56. The van der Waals surface area contributed by atoms with Crippen LogP contribution in [0.4, 0.5) is 0 Å². The first-order valence-corrected chi connectivity index (χ1v) is 13.0.